The molecule has 2 rings (SSSR count). The predicted molar refractivity (Wildman–Crippen MR) is 74.0 cm³/mol. The van der Waals surface area contributed by atoms with Crippen molar-refractivity contribution in [1.82, 2.24) is 4.98 Å². The number of methoxy groups -OCH3 is 1. The van der Waals surface area contributed by atoms with Gasteiger partial charge in [-0.1, -0.05) is 0 Å². The van der Waals surface area contributed by atoms with Crippen LogP contribution in [0.4, 0.5) is 0 Å². The number of hydrogen-bond donors (Lipinski definition) is 0. The quantitative estimate of drug-likeness (QED) is 0.862. The number of hydrogen-bond acceptors (Lipinski definition) is 3. The molecule has 0 saturated heterocycles. The molecule has 2 aromatic rings. The van der Waals surface area contributed by atoms with E-state index in [1.807, 2.05) is 37.3 Å². The highest BCUT2D eigenvalue weighted by molar-refractivity contribution is 9.10. The first-order valence-corrected chi connectivity index (χ1v) is 6.36. The average molecular weight is 308 g/mol. The third-order valence-electron chi connectivity index (χ3n) is 2.49. The summed E-state index contributed by atoms with van der Waals surface area (Å²) in [6.07, 6.45) is 1.79. The second kappa shape index (κ2) is 5.87. The molecule has 0 unspecified atom stereocenters. The van der Waals surface area contributed by atoms with E-state index in [0.717, 1.165) is 21.7 Å². The molecule has 0 fully saturated rings. The van der Waals surface area contributed by atoms with Gasteiger partial charge in [0.2, 0.25) is 0 Å². The highest BCUT2D eigenvalue weighted by atomic mass is 79.9. The van der Waals surface area contributed by atoms with Crippen LogP contribution in [0.3, 0.4) is 0 Å². The number of benzene rings is 1. The maximum Gasteiger partial charge on any atom is 0.134 e. The molecule has 3 nitrogen and oxygen atoms in total. The summed E-state index contributed by atoms with van der Waals surface area (Å²) >= 11 is 3.45. The minimum absolute atomic E-state index is 0.451. The number of aromatic nitrogens is 1. The minimum atomic E-state index is 0.451. The fourth-order valence-electron chi connectivity index (χ4n) is 1.55. The monoisotopic (exact) mass is 307 g/mol. The lowest BCUT2D eigenvalue weighted by Crippen LogP contribution is -1.99. The average Bonchev–Trinajstić information content (AvgIpc) is 2.37. The molecule has 0 radical (unpaired) electrons. The predicted octanol–water partition coefficient (Wildman–Crippen LogP) is 3.74. The Hall–Kier alpha value is -1.55. The Labute approximate surface area is 115 Å². The summed E-state index contributed by atoms with van der Waals surface area (Å²) < 4.78 is 11.7. The van der Waals surface area contributed by atoms with Crippen molar-refractivity contribution in [3.8, 4) is 11.5 Å². The van der Waals surface area contributed by atoms with Crippen LogP contribution in [0.5, 0.6) is 11.5 Å². The summed E-state index contributed by atoms with van der Waals surface area (Å²) in [5, 5.41) is 0. The highest BCUT2D eigenvalue weighted by Crippen LogP contribution is 2.29. The molecule has 1 aromatic heterocycles. The van der Waals surface area contributed by atoms with Gasteiger partial charge in [0.15, 0.2) is 0 Å². The lowest BCUT2D eigenvalue weighted by atomic mass is 10.2. The molecule has 94 valence electrons. The maximum atomic E-state index is 5.71. The van der Waals surface area contributed by atoms with Gasteiger partial charge >= 0.3 is 0 Å². The number of pyridine rings is 1. The van der Waals surface area contributed by atoms with Crippen LogP contribution in [0.25, 0.3) is 0 Å². The number of rotatable bonds is 4. The van der Waals surface area contributed by atoms with Crippen molar-refractivity contribution in [3.05, 3.63) is 52.3 Å². The van der Waals surface area contributed by atoms with E-state index in [4.69, 9.17) is 9.47 Å². The van der Waals surface area contributed by atoms with Gasteiger partial charge in [-0.05, 0) is 58.7 Å². The van der Waals surface area contributed by atoms with E-state index in [2.05, 4.69) is 20.9 Å². The molecule has 1 aromatic carbocycles. The number of ether oxygens (including phenoxy) is 2. The van der Waals surface area contributed by atoms with E-state index >= 15 is 0 Å². The molecular weight excluding hydrogens is 294 g/mol. The second-order valence-corrected chi connectivity index (χ2v) is 4.76. The van der Waals surface area contributed by atoms with Gasteiger partial charge < -0.3 is 9.47 Å². The van der Waals surface area contributed by atoms with Crippen LogP contribution in [-0.4, -0.2) is 12.1 Å². The van der Waals surface area contributed by atoms with Crippen molar-refractivity contribution in [3.63, 3.8) is 0 Å². The zero-order valence-corrected chi connectivity index (χ0v) is 11.9. The van der Waals surface area contributed by atoms with Crippen LogP contribution >= 0.6 is 15.9 Å². The van der Waals surface area contributed by atoms with Crippen molar-refractivity contribution in [1.29, 1.82) is 0 Å². The first-order valence-electron chi connectivity index (χ1n) is 5.57. The smallest absolute Gasteiger partial charge is 0.134 e. The fraction of sp³-hybridized carbons (Fsp3) is 0.214. The summed E-state index contributed by atoms with van der Waals surface area (Å²) in [6, 6.07) is 9.59. The molecule has 0 spiro atoms. The van der Waals surface area contributed by atoms with Crippen molar-refractivity contribution in [2.75, 3.05) is 7.11 Å². The Balaban J connectivity index is 2.06. The normalized spacial score (nSPS) is 10.2. The number of halogens is 1. The number of nitrogens with zero attached hydrogens (tertiary/aromatic N) is 1. The summed E-state index contributed by atoms with van der Waals surface area (Å²) in [5.41, 5.74) is 2.09. The maximum absolute atomic E-state index is 5.71. The van der Waals surface area contributed by atoms with E-state index in [0.29, 0.717) is 6.61 Å². The standard InChI is InChI=1S/C14H14BrNO2/c1-10-5-6-16-11(7-10)9-18-14-4-3-12(17-2)8-13(14)15/h3-8H,9H2,1-2H3. The highest BCUT2D eigenvalue weighted by Gasteiger charge is 2.04. The number of aryl methyl sites for hydroxylation is 1. The largest absolute Gasteiger partial charge is 0.497 e. The van der Waals surface area contributed by atoms with Crippen LogP contribution < -0.4 is 9.47 Å². The molecule has 0 aliphatic carbocycles. The molecule has 1 heterocycles. The molecule has 4 heteroatoms. The van der Waals surface area contributed by atoms with Gasteiger partial charge in [-0.3, -0.25) is 4.98 Å². The van der Waals surface area contributed by atoms with Gasteiger partial charge in [0.1, 0.15) is 18.1 Å². The summed E-state index contributed by atoms with van der Waals surface area (Å²) in [6.45, 7) is 2.49. The lowest BCUT2D eigenvalue weighted by molar-refractivity contribution is 0.298. The minimum Gasteiger partial charge on any atom is -0.497 e. The topological polar surface area (TPSA) is 31.4 Å². The van der Waals surface area contributed by atoms with E-state index < -0.39 is 0 Å². The van der Waals surface area contributed by atoms with Gasteiger partial charge in [-0.15, -0.1) is 0 Å². The van der Waals surface area contributed by atoms with Crippen molar-refractivity contribution in [2.45, 2.75) is 13.5 Å². The Morgan fingerprint density at radius 3 is 2.72 bits per heavy atom. The van der Waals surface area contributed by atoms with Gasteiger partial charge in [-0.2, -0.15) is 0 Å². The van der Waals surface area contributed by atoms with Crippen molar-refractivity contribution in [2.24, 2.45) is 0 Å². The lowest BCUT2D eigenvalue weighted by Gasteiger charge is -2.09. The van der Waals surface area contributed by atoms with Gasteiger partial charge in [-0.25, -0.2) is 0 Å². The SMILES string of the molecule is COc1ccc(OCc2cc(C)ccn2)c(Br)c1. The molecule has 0 aliphatic heterocycles. The van der Waals surface area contributed by atoms with Crippen molar-refractivity contribution < 1.29 is 9.47 Å². The Bertz CT molecular complexity index is 543. The zero-order chi connectivity index (χ0) is 13.0. The van der Waals surface area contributed by atoms with Crippen LogP contribution in [0, 0.1) is 6.92 Å². The van der Waals surface area contributed by atoms with E-state index in [9.17, 15) is 0 Å². The molecule has 0 saturated carbocycles. The Morgan fingerprint density at radius 1 is 1.22 bits per heavy atom. The van der Waals surface area contributed by atoms with Crippen molar-refractivity contribution >= 4 is 15.9 Å². The summed E-state index contributed by atoms with van der Waals surface area (Å²) in [5.74, 6) is 1.57. The van der Waals surface area contributed by atoms with E-state index in [-0.39, 0.29) is 0 Å². The molecule has 0 amide bonds. The first kappa shape index (κ1) is 12.9. The van der Waals surface area contributed by atoms with Crippen LogP contribution in [0.15, 0.2) is 41.0 Å². The van der Waals surface area contributed by atoms with Crippen LogP contribution in [0.2, 0.25) is 0 Å². The second-order valence-electron chi connectivity index (χ2n) is 3.91. The van der Waals surface area contributed by atoms with Crippen LogP contribution in [0.1, 0.15) is 11.3 Å². The third kappa shape index (κ3) is 3.23. The van der Waals surface area contributed by atoms with Gasteiger partial charge in [0, 0.05) is 6.20 Å². The summed E-state index contributed by atoms with van der Waals surface area (Å²) in [4.78, 5) is 4.25. The zero-order valence-electron chi connectivity index (χ0n) is 10.3. The van der Waals surface area contributed by atoms with Gasteiger partial charge in [0.25, 0.3) is 0 Å². The fourth-order valence-corrected chi connectivity index (χ4v) is 2.03. The molecule has 18 heavy (non-hydrogen) atoms. The van der Waals surface area contributed by atoms with E-state index in [1.165, 1.54) is 5.56 Å². The molecule has 0 bridgehead atoms. The van der Waals surface area contributed by atoms with E-state index in [1.54, 1.807) is 13.3 Å². The summed E-state index contributed by atoms with van der Waals surface area (Å²) in [7, 11) is 1.64. The molecule has 0 aliphatic rings. The van der Waals surface area contributed by atoms with Gasteiger partial charge in [0.05, 0.1) is 17.3 Å². The van der Waals surface area contributed by atoms with Crippen LogP contribution in [-0.2, 0) is 6.61 Å². The Kier molecular flexibility index (Phi) is 4.20. The Morgan fingerprint density at radius 2 is 2.06 bits per heavy atom. The third-order valence-corrected chi connectivity index (χ3v) is 3.11. The first-order chi connectivity index (χ1) is 8.69. The molecular formula is C14H14BrNO2. The molecule has 0 N–H and O–H groups in total. The molecule has 0 atom stereocenters.